The van der Waals surface area contributed by atoms with Crippen LogP contribution in [0.25, 0.3) is 0 Å². The molecule has 1 saturated heterocycles. The molecule has 1 saturated carbocycles. The topological polar surface area (TPSA) is 31.2 Å². The molecule has 0 amide bonds. The number of pyridine rings is 1. The second-order valence-electron chi connectivity index (χ2n) is 5.71. The predicted molar refractivity (Wildman–Crippen MR) is 70.6 cm³/mol. The van der Waals surface area contributed by atoms with Crippen molar-refractivity contribution in [3.63, 3.8) is 0 Å². The van der Waals surface area contributed by atoms with Crippen LogP contribution < -0.4 is 5.56 Å². The van der Waals surface area contributed by atoms with Crippen molar-refractivity contribution in [3.8, 4) is 0 Å². The molecule has 3 rings (SSSR count). The maximum Gasteiger partial charge on any atom is 0.250 e. The van der Waals surface area contributed by atoms with E-state index in [1.165, 1.54) is 38.5 Å². The van der Waals surface area contributed by atoms with E-state index in [1.807, 2.05) is 12.3 Å². The van der Waals surface area contributed by atoms with Gasteiger partial charge in [0.2, 0.25) is 0 Å². The van der Waals surface area contributed by atoms with E-state index >= 15 is 0 Å². The van der Waals surface area contributed by atoms with Gasteiger partial charge in [-0.1, -0.05) is 25.3 Å². The zero-order valence-corrected chi connectivity index (χ0v) is 10.8. The van der Waals surface area contributed by atoms with Gasteiger partial charge in [0.05, 0.1) is 18.2 Å². The average molecular weight is 247 g/mol. The van der Waals surface area contributed by atoms with E-state index in [4.69, 9.17) is 4.74 Å². The number of aromatic nitrogens is 1. The highest BCUT2D eigenvalue weighted by atomic mass is 16.5. The molecule has 2 fully saturated rings. The second-order valence-corrected chi connectivity index (χ2v) is 5.71. The third-order valence-corrected chi connectivity index (χ3v) is 4.40. The maximum absolute atomic E-state index is 11.7. The van der Waals surface area contributed by atoms with Crippen molar-refractivity contribution in [1.29, 1.82) is 0 Å². The highest BCUT2D eigenvalue weighted by molar-refractivity contribution is 4.95. The minimum Gasteiger partial charge on any atom is -0.370 e. The molecule has 0 N–H and O–H groups in total. The van der Waals surface area contributed by atoms with E-state index in [9.17, 15) is 4.79 Å². The fourth-order valence-electron chi connectivity index (χ4n) is 3.42. The summed E-state index contributed by atoms with van der Waals surface area (Å²) in [4.78, 5) is 11.7. The second kappa shape index (κ2) is 4.88. The Labute approximate surface area is 108 Å². The smallest absolute Gasteiger partial charge is 0.250 e. The molecule has 0 radical (unpaired) electrons. The van der Waals surface area contributed by atoms with Crippen molar-refractivity contribution in [2.75, 3.05) is 0 Å². The molecule has 98 valence electrons. The fraction of sp³-hybridized carbons (Fsp3) is 0.667. The molecular formula is C15H21NO2. The predicted octanol–water partition coefficient (Wildman–Crippen LogP) is 2.73. The van der Waals surface area contributed by atoms with Gasteiger partial charge in [0.15, 0.2) is 0 Å². The molecule has 1 spiro atoms. The van der Waals surface area contributed by atoms with Gasteiger partial charge in [-0.05, 0) is 31.7 Å². The van der Waals surface area contributed by atoms with Crippen LogP contribution >= 0.6 is 0 Å². The highest BCUT2D eigenvalue weighted by Gasteiger charge is 2.40. The van der Waals surface area contributed by atoms with Gasteiger partial charge in [0.1, 0.15) is 0 Å². The van der Waals surface area contributed by atoms with Crippen LogP contribution in [-0.2, 0) is 11.3 Å². The molecule has 2 aliphatic rings. The first-order chi connectivity index (χ1) is 8.77. The van der Waals surface area contributed by atoms with E-state index in [2.05, 4.69) is 0 Å². The Kier molecular flexibility index (Phi) is 3.25. The lowest BCUT2D eigenvalue weighted by Gasteiger charge is -2.33. The lowest BCUT2D eigenvalue weighted by molar-refractivity contribution is -0.0682. The molecule has 0 bridgehead atoms. The highest BCUT2D eigenvalue weighted by Crippen LogP contribution is 2.42. The Morgan fingerprint density at radius 1 is 1.22 bits per heavy atom. The Bertz CT molecular complexity index is 460. The third-order valence-electron chi connectivity index (χ3n) is 4.40. The van der Waals surface area contributed by atoms with Crippen molar-refractivity contribution in [2.45, 2.75) is 63.2 Å². The standard InChI is InChI=1S/C15H21NO2/c17-14-6-2-5-11-16(14)12-13-7-10-15(18-13)8-3-1-4-9-15/h2,5-6,11,13H,1,3-4,7-10,12H2. The molecule has 1 unspecified atom stereocenters. The van der Waals surface area contributed by atoms with Crippen molar-refractivity contribution in [1.82, 2.24) is 4.57 Å². The molecule has 0 aromatic carbocycles. The normalized spacial score (nSPS) is 26.6. The maximum atomic E-state index is 11.7. The largest absolute Gasteiger partial charge is 0.370 e. The van der Waals surface area contributed by atoms with Gasteiger partial charge < -0.3 is 9.30 Å². The monoisotopic (exact) mass is 247 g/mol. The zero-order valence-electron chi connectivity index (χ0n) is 10.8. The average Bonchev–Trinajstić information content (AvgIpc) is 2.76. The first kappa shape index (κ1) is 12.0. The third kappa shape index (κ3) is 2.37. The van der Waals surface area contributed by atoms with E-state index in [0.29, 0.717) is 6.54 Å². The van der Waals surface area contributed by atoms with E-state index in [0.717, 1.165) is 6.42 Å². The van der Waals surface area contributed by atoms with Gasteiger partial charge in [-0.3, -0.25) is 4.79 Å². The quantitative estimate of drug-likeness (QED) is 0.804. The Morgan fingerprint density at radius 3 is 2.83 bits per heavy atom. The van der Waals surface area contributed by atoms with Gasteiger partial charge in [0, 0.05) is 12.3 Å². The molecule has 1 atom stereocenters. The molecule has 3 heteroatoms. The summed E-state index contributed by atoms with van der Waals surface area (Å²) >= 11 is 0. The zero-order chi connectivity index (χ0) is 12.4. The minimum atomic E-state index is 0.0747. The van der Waals surface area contributed by atoms with Crippen LogP contribution in [0.4, 0.5) is 0 Å². The molecule has 18 heavy (non-hydrogen) atoms. The summed E-state index contributed by atoms with van der Waals surface area (Å²) in [6.07, 6.45) is 10.8. The minimum absolute atomic E-state index is 0.0747. The first-order valence-corrected chi connectivity index (χ1v) is 7.11. The molecule has 1 aromatic rings. The molecular weight excluding hydrogens is 226 g/mol. The van der Waals surface area contributed by atoms with Crippen molar-refractivity contribution in [3.05, 3.63) is 34.7 Å². The number of hydrogen-bond donors (Lipinski definition) is 0. The number of hydrogen-bond acceptors (Lipinski definition) is 2. The van der Waals surface area contributed by atoms with Crippen LogP contribution in [0.1, 0.15) is 44.9 Å². The van der Waals surface area contributed by atoms with Crippen LogP contribution in [0, 0.1) is 0 Å². The summed E-state index contributed by atoms with van der Waals surface area (Å²) in [6, 6.07) is 5.31. The van der Waals surface area contributed by atoms with Gasteiger partial charge in [0.25, 0.3) is 5.56 Å². The Balaban J connectivity index is 1.66. The van der Waals surface area contributed by atoms with Crippen LogP contribution in [0.15, 0.2) is 29.2 Å². The number of ether oxygens (including phenoxy) is 1. The summed E-state index contributed by atoms with van der Waals surface area (Å²) in [5.41, 5.74) is 0.229. The molecule has 1 aliphatic heterocycles. The summed E-state index contributed by atoms with van der Waals surface area (Å²) in [7, 11) is 0. The SMILES string of the molecule is O=c1ccccn1CC1CCC2(CCCCC2)O1. The number of nitrogens with zero attached hydrogens (tertiary/aromatic N) is 1. The summed E-state index contributed by atoms with van der Waals surface area (Å²) in [5, 5.41) is 0. The summed E-state index contributed by atoms with van der Waals surface area (Å²) in [5.74, 6) is 0. The van der Waals surface area contributed by atoms with Crippen LogP contribution in [0.2, 0.25) is 0 Å². The van der Waals surface area contributed by atoms with E-state index in [-0.39, 0.29) is 17.3 Å². The van der Waals surface area contributed by atoms with Crippen molar-refractivity contribution in [2.24, 2.45) is 0 Å². The van der Waals surface area contributed by atoms with Crippen LogP contribution in [0.5, 0.6) is 0 Å². The summed E-state index contributed by atoms with van der Waals surface area (Å²) in [6.45, 7) is 0.710. The Morgan fingerprint density at radius 2 is 2.06 bits per heavy atom. The molecule has 3 nitrogen and oxygen atoms in total. The van der Waals surface area contributed by atoms with Gasteiger partial charge in [-0.2, -0.15) is 0 Å². The first-order valence-electron chi connectivity index (χ1n) is 7.11. The van der Waals surface area contributed by atoms with Gasteiger partial charge >= 0.3 is 0 Å². The van der Waals surface area contributed by atoms with Crippen molar-refractivity contribution < 1.29 is 4.74 Å². The number of rotatable bonds is 2. The molecule has 2 heterocycles. The van der Waals surface area contributed by atoms with Gasteiger partial charge in [-0.25, -0.2) is 0 Å². The fourth-order valence-corrected chi connectivity index (χ4v) is 3.42. The van der Waals surface area contributed by atoms with Crippen LogP contribution in [-0.4, -0.2) is 16.3 Å². The molecule has 1 aromatic heterocycles. The van der Waals surface area contributed by atoms with E-state index < -0.39 is 0 Å². The lowest BCUT2D eigenvalue weighted by Crippen LogP contribution is -2.33. The van der Waals surface area contributed by atoms with Crippen LogP contribution in [0.3, 0.4) is 0 Å². The van der Waals surface area contributed by atoms with Crippen molar-refractivity contribution >= 4 is 0 Å². The van der Waals surface area contributed by atoms with Gasteiger partial charge in [-0.15, -0.1) is 0 Å². The Hall–Kier alpha value is -1.09. The van der Waals surface area contributed by atoms with E-state index in [1.54, 1.807) is 16.7 Å². The molecule has 1 aliphatic carbocycles. The summed E-state index contributed by atoms with van der Waals surface area (Å²) < 4.78 is 8.06. The lowest BCUT2D eigenvalue weighted by atomic mass is 9.83.